The number of rotatable bonds is 8. The second-order valence-electron chi connectivity index (χ2n) is 8.46. The molecule has 0 saturated heterocycles. The summed E-state index contributed by atoms with van der Waals surface area (Å²) in [5.41, 5.74) is 1.37. The van der Waals surface area contributed by atoms with Crippen molar-refractivity contribution < 1.29 is 13.9 Å². The van der Waals surface area contributed by atoms with Crippen LogP contribution in [-0.2, 0) is 4.79 Å². The Kier molecular flexibility index (Phi) is 8.96. The van der Waals surface area contributed by atoms with Crippen molar-refractivity contribution in [1.29, 1.82) is 0 Å². The Hall–Kier alpha value is -3.08. The lowest BCUT2D eigenvalue weighted by Gasteiger charge is -2.14. The highest BCUT2D eigenvalue weighted by Crippen LogP contribution is 2.34. The molecule has 1 amide bonds. The van der Waals surface area contributed by atoms with E-state index in [-0.39, 0.29) is 28.9 Å². The Morgan fingerprint density at radius 1 is 1.21 bits per heavy atom. The van der Waals surface area contributed by atoms with Crippen molar-refractivity contribution in [3.05, 3.63) is 96.1 Å². The first-order chi connectivity index (χ1) is 18.2. The molecule has 0 bridgehead atoms. The Morgan fingerprint density at radius 2 is 1.95 bits per heavy atom. The first-order valence-corrected chi connectivity index (χ1v) is 13.6. The number of nitrogens with zero attached hydrogens (tertiary/aromatic N) is 3. The van der Waals surface area contributed by atoms with E-state index in [4.69, 9.17) is 21.3 Å². The number of carbonyl (C=O) groups is 1. The van der Waals surface area contributed by atoms with Gasteiger partial charge in [-0.05, 0) is 82.5 Å². The third kappa shape index (κ3) is 6.48. The highest BCUT2D eigenvalue weighted by atomic mass is 79.9. The number of nitrogens with one attached hydrogen (secondary N) is 1. The van der Waals surface area contributed by atoms with Crippen LogP contribution >= 0.6 is 43.5 Å². The molecule has 4 rings (SSSR count). The van der Waals surface area contributed by atoms with Gasteiger partial charge in [-0.1, -0.05) is 41.4 Å². The van der Waals surface area contributed by atoms with E-state index in [1.54, 1.807) is 24.3 Å². The second kappa shape index (κ2) is 12.2. The molecule has 7 nitrogen and oxygen atoms in total. The molecular formula is C27H22Br2ClFN4O3. The van der Waals surface area contributed by atoms with Gasteiger partial charge in [-0.3, -0.25) is 9.59 Å². The number of hydrogen-bond donors (Lipinski definition) is 1. The van der Waals surface area contributed by atoms with E-state index in [9.17, 15) is 14.0 Å². The van der Waals surface area contributed by atoms with E-state index >= 15 is 0 Å². The van der Waals surface area contributed by atoms with Crippen LogP contribution in [0.5, 0.6) is 5.75 Å². The minimum Gasteiger partial charge on any atom is -0.481 e. The number of benzene rings is 3. The van der Waals surface area contributed by atoms with Crippen molar-refractivity contribution in [1.82, 2.24) is 9.66 Å². The number of anilines is 1. The molecule has 1 aromatic heterocycles. The number of halogens is 4. The molecule has 0 fully saturated rings. The van der Waals surface area contributed by atoms with Gasteiger partial charge in [0.25, 0.3) is 11.5 Å². The fourth-order valence-electron chi connectivity index (χ4n) is 3.56. The fourth-order valence-corrected chi connectivity index (χ4v) is 4.91. The number of aromatic nitrogens is 2. The smallest absolute Gasteiger partial charge is 0.282 e. The maximum Gasteiger partial charge on any atom is 0.282 e. The molecule has 1 N–H and O–H groups in total. The Labute approximate surface area is 239 Å². The minimum atomic E-state index is -0.433. The van der Waals surface area contributed by atoms with Crippen molar-refractivity contribution in [2.75, 3.05) is 11.9 Å². The van der Waals surface area contributed by atoms with E-state index in [1.165, 1.54) is 35.2 Å². The van der Waals surface area contributed by atoms with Crippen molar-refractivity contribution in [3.63, 3.8) is 0 Å². The van der Waals surface area contributed by atoms with Crippen molar-refractivity contribution in [2.45, 2.75) is 26.2 Å². The van der Waals surface area contributed by atoms with Crippen LogP contribution in [-0.4, -0.2) is 28.4 Å². The van der Waals surface area contributed by atoms with Gasteiger partial charge in [0.15, 0.2) is 12.4 Å². The summed E-state index contributed by atoms with van der Waals surface area (Å²) in [6, 6.07) is 14.1. The Morgan fingerprint density at radius 3 is 2.63 bits per heavy atom. The Balaban J connectivity index is 1.57. The third-order valence-corrected chi connectivity index (χ3v) is 7.07. The molecule has 0 aliphatic carbocycles. The van der Waals surface area contributed by atoms with Crippen LogP contribution in [0.4, 0.5) is 10.1 Å². The van der Waals surface area contributed by atoms with E-state index in [0.29, 0.717) is 32.5 Å². The average molecular weight is 665 g/mol. The zero-order chi connectivity index (χ0) is 27.4. The van der Waals surface area contributed by atoms with Gasteiger partial charge >= 0.3 is 0 Å². The molecule has 1 heterocycles. The molecule has 0 unspecified atom stereocenters. The molecular weight excluding hydrogens is 643 g/mol. The highest BCUT2D eigenvalue weighted by Gasteiger charge is 2.16. The van der Waals surface area contributed by atoms with E-state index in [0.717, 1.165) is 10.9 Å². The monoisotopic (exact) mass is 662 g/mol. The van der Waals surface area contributed by atoms with E-state index < -0.39 is 11.7 Å². The highest BCUT2D eigenvalue weighted by molar-refractivity contribution is 9.10. The molecule has 0 radical (unpaired) electrons. The summed E-state index contributed by atoms with van der Waals surface area (Å²) in [5, 5.41) is 7.76. The quantitative estimate of drug-likeness (QED) is 0.203. The van der Waals surface area contributed by atoms with Gasteiger partial charge in [-0.15, -0.1) is 0 Å². The molecule has 38 heavy (non-hydrogen) atoms. The van der Waals surface area contributed by atoms with Gasteiger partial charge in [0.05, 0.1) is 26.6 Å². The fraction of sp³-hybridized carbons (Fsp3) is 0.185. The molecule has 3 aromatic carbocycles. The van der Waals surface area contributed by atoms with Gasteiger partial charge in [0, 0.05) is 16.1 Å². The summed E-state index contributed by atoms with van der Waals surface area (Å²) < 4.78 is 21.2. The number of carbonyl (C=O) groups excluding carboxylic acids is 1. The van der Waals surface area contributed by atoms with Crippen molar-refractivity contribution >= 4 is 72.2 Å². The maximum absolute atomic E-state index is 13.3. The third-order valence-electron chi connectivity index (χ3n) is 5.70. The first-order valence-electron chi connectivity index (χ1n) is 11.6. The summed E-state index contributed by atoms with van der Waals surface area (Å²) in [6.07, 6.45) is 2.29. The van der Waals surface area contributed by atoms with Crippen LogP contribution in [0.3, 0.4) is 0 Å². The summed E-state index contributed by atoms with van der Waals surface area (Å²) >= 11 is 13.3. The second-order valence-corrected chi connectivity index (χ2v) is 10.6. The Bertz CT molecular complexity index is 1570. The molecule has 11 heteroatoms. The van der Waals surface area contributed by atoms with Gasteiger partial charge in [0.2, 0.25) is 0 Å². The topological polar surface area (TPSA) is 85.6 Å². The number of ether oxygens (including phenoxy) is 1. The lowest BCUT2D eigenvalue weighted by molar-refractivity contribution is -0.118. The summed E-state index contributed by atoms with van der Waals surface area (Å²) in [5.74, 6) is -0.00390. The summed E-state index contributed by atoms with van der Waals surface area (Å²) in [4.78, 5) is 30.2. The lowest BCUT2D eigenvalue weighted by atomic mass is 10.1. The first kappa shape index (κ1) is 27.9. The van der Waals surface area contributed by atoms with Crippen LogP contribution in [0.1, 0.15) is 37.6 Å². The molecule has 0 spiro atoms. The zero-order valence-electron chi connectivity index (χ0n) is 20.3. The predicted molar refractivity (Wildman–Crippen MR) is 155 cm³/mol. The molecule has 0 aliphatic heterocycles. The lowest BCUT2D eigenvalue weighted by Crippen LogP contribution is -2.23. The molecule has 1 atom stereocenters. The van der Waals surface area contributed by atoms with Crippen LogP contribution < -0.4 is 15.6 Å². The largest absolute Gasteiger partial charge is 0.481 e. The standard InChI is InChI=1S/C27H22Br2ClFN4O3/c1-3-15(2)26-34-23-9-4-17(28)12-20(23)27(37)35(26)32-13-16-10-21(29)25(22(30)11-16)38-14-24(36)33-19-7-5-18(31)6-8-19/h4-13,15H,3,14H2,1-2H3,(H,33,36)/t15-/m0/s1. The molecule has 0 saturated carbocycles. The normalized spacial score (nSPS) is 12.2. The van der Waals surface area contributed by atoms with E-state index in [2.05, 4.69) is 42.3 Å². The summed E-state index contributed by atoms with van der Waals surface area (Å²) in [6.45, 7) is 3.70. The minimum absolute atomic E-state index is 0.0000489. The van der Waals surface area contributed by atoms with E-state index in [1.807, 2.05) is 19.9 Å². The van der Waals surface area contributed by atoms with Gasteiger partial charge in [-0.25, -0.2) is 9.37 Å². The maximum atomic E-state index is 13.3. The summed E-state index contributed by atoms with van der Waals surface area (Å²) in [7, 11) is 0. The van der Waals surface area contributed by atoms with Crippen molar-refractivity contribution in [3.8, 4) is 5.75 Å². The van der Waals surface area contributed by atoms with Crippen LogP contribution in [0.2, 0.25) is 5.02 Å². The van der Waals surface area contributed by atoms with Crippen LogP contribution in [0.15, 0.2) is 73.4 Å². The van der Waals surface area contributed by atoms with Gasteiger partial charge in [-0.2, -0.15) is 9.78 Å². The molecule has 4 aromatic rings. The molecule has 0 aliphatic rings. The number of fused-ring (bicyclic) bond motifs is 1. The van der Waals surface area contributed by atoms with Crippen molar-refractivity contribution in [2.24, 2.45) is 5.10 Å². The number of amides is 1. The van der Waals surface area contributed by atoms with Gasteiger partial charge in [0.1, 0.15) is 11.6 Å². The van der Waals surface area contributed by atoms with Crippen LogP contribution in [0.25, 0.3) is 10.9 Å². The SMILES string of the molecule is CC[C@H](C)c1nc2ccc(Br)cc2c(=O)n1N=Cc1cc(Cl)c(OCC(=O)Nc2ccc(F)cc2)c(Br)c1. The average Bonchev–Trinajstić information content (AvgIpc) is 2.88. The van der Waals surface area contributed by atoms with Crippen LogP contribution in [0, 0.1) is 5.82 Å². The number of hydrogen-bond acceptors (Lipinski definition) is 5. The van der Waals surface area contributed by atoms with Gasteiger partial charge < -0.3 is 10.1 Å². The molecule has 196 valence electrons. The zero-order valence-corrected chi connectivity index (χ0v) is 24.3. The predicted octanol–water partition coefficient (Wildman–Crippen LogP) is 7.13.